The number of fused-ring (bicyclic) bond motifs is 2. The van der Waals surface area contributed by atoms with Gasteiger partial charge in [-0.25, -0.2) is 0 Å². The summed E-state index contributed by atoms with van der Waals surface area (Å²) in [5.41, 5.74) is 26.0. The molecular weight excluding hydrogens is 720 g/mol. The van der Waals surface area contributed by atoms with Gasteiger partial charge in [0, 0.05) is 0 Å². The third kappa shape index (κ3) is 8.44. The van der Waals surface area contributed by atoms with Crippen molar-refractivity contribution in [1.29, 1.82) is 0 Å². The van der Waals surface area contributed by atoms with E-state index in [1.165, 1.54) is 60.9 Å². The van der Waals surface area contributed by atoms with Gasteiger partial charge in [0.2, 0.25) is 0 Å². The highest BCUT2D eigenvalue weighted by Crippen LogP contribution is 2.48. The lowest BCUT2D eigenvalue weighted by Gasteiger charge is -2.27. The molecule has 0 heterocycles. The number of hydrogen-bond donors (Lipinski definition) is 2. The summed E-state index contributed by atoms with van der Waals surface area (Å²) < 4.78 is 0. The molecule has 0 aliphatic heterocycles. The van der Waals surface area contributed by atoms with Gasteiger partial charge in [-0.15, -0.1) is 5.73 Å². The summed E-state index contributed by atoms with van der Waals surface area (Å²) in [5.74, 6) is 0.0858. The van der Waals surface area contributed by atoms with Crippen molar-refractivity contribution in [3.05, 3.63) is 222 Å². The van der Waals surface area contributed by atoms with Gasteiger partial charge in [0.15, 0.2) is 0 Å². The topological polar surface area (TPSA) is 38.0 Å². The van der Waals surface area contributed by atoms with Gasteiger partial charge in [-0.2, -0.15) is 0 Å². The first-order valence-corrected chi connectivity index (χ1v) is 21.5. The van der Waals surface area contributed by atoms with Crippen LogP contribution in [0.15, 0.2) is 211 Å². The van der Waals surface area contributed by atoms with Crippen molar-refractivity contribution in [2.75, 3.05) is 6.16 Å². The van der Waals surface area contributed by atoms with E-state index in [9.17, 15) is 0 Å². The summed E-state index contributed by atoms with van der Waals surface area (Å²) in [4.78, 5) is 0. The molecule has 58 heavy (non-hydrogen) atoms. The summed E-state index contributed by atoms with van der Waals surface area (Å²) in [6.07, 6.45) is 24.3. The average molecular weight is 769 g/mol. The third-order valence-electron chi connectivity index (χ3n) is 10.9. The lowest BCUT2D eigenvalue weighted by Crippen LogP contribution is -2.44. The Morgan fingerprint density at radius 3 is 1.84 bits per heavy atom. The van der Waals surface area contributed by atoms with Crippen molar-refractivity contribution in [3.63, 3.8) is 0 Å². The largest absolute Gasteiger partial charge is 0.312 e. The Hall–Kier alpha value is -6.11. The molecule has 2 aliphatic carbocycles. The highest BCUT2D eigenvalue weighted by atomic mass is 31.1. The minimum absolute atomic E-state index is 0.0858. The molecule has 3 N–H and O–H groups in total. The molecule has 284 valence electrons. The number of rotatable bonds is 13. The zero-order valence-electron chi connectivity index (χ0n) is 33.0. The van der Waals surface area contributed by atoms with Crippen molar-refractivity contribution >= 4 is 31.5 Å². The van der Waals surface area contributed by atoms with E-state index >= 15 is 0 Å². The molecule has 0 fully saturated rings. The summed E-state index contributed by atoms with van der Waals surface area (Å²) in [7, 11) is 0.568. The van der Waals surface area contributed by atoms with Gasteiger partial charge in [-0.1, -0.05) is 197 Å². The molecule has 0 saturated carbocycles. The van der Waals surface area contributed by atoms with Gasteiger partial charge in [-0.3, -0.25) is 5.32 Å². The molecule has 6 aromatic rings. The molecule has 0 amide bonds. The van der Waals surface area contributed by atoms with Gasteiger partial charge >= 0.3 is 0 Å². The number of hydrogen-bond acceptors (Lipinski definition) is 2. The zero-order valence-corrected chi connectivity index (χ0v) is 34.0. The number of nitrogens with one attached hydrogen (secondary N) is 1. The Balaban J connectivity index is 1.33. The maximum absolute atomic E-state index is 7.30. The fourth-order valence-electron chi connectivity index (χ4n) is 8.10. The first kappa shape index (κ1) is 38.7. The molecule has 3 heteroatoms. The van der Waals surface area contributed by atoms with Crippen LogP contribution in [0.3, 0.4) is 0 Å². The van der Waals surface area contributed by atoms with E-state index in [4.69, 9.17) is 5.73 Å². The van der Waals surface area contributed by atoms with E-state index in [-0.39, 0.29) is 5.78 Å². The lowest BCUT2D eigenvalue weighted by molar-refractivity contribution is 0.606. The van der Waals surface area contributed by atoms with Gasteiger partial charge < -0.3 is 5.73 Å². The fourth-order valence-corrected chi connectivity index (χ4v) is 9.43. The molecular formula is C55H49N2P. The quantitative estimate of drug-likeness (QED) is 0.0531. The Labute approximate surface area is 345 Å². The van der Waals surface area contributed by atoms with Crippen molar-refractivity contribution in [2.45, 2.75) is 31.7 Å². The summed E-state index contributed by atoms with van der Waals surface area (Å²) in [6.45, 7) is 6.39. The van der Waals surface area contributed by atoms with Crippen LogP contribution in [0.2, 0.25) is 0 Å². The van der Waals surface area contributed by atoms with Crippen LogP contribution in [-0.4, -0.2) is 18.1 Å². The van der Waals surface area contributed by atoms with Crippen molar-refractivity contribution in [3.8, 4) is 44.5 Å². The van der Waals surface area contributed by atoms with Crippen LogP contribution in [0, 0.1) is 0 Å². The predicted molar refractivity (Wildman–Crippen MR) is 254 cm³/mol. The number of benzene rings is 6. The second-order valence-electron chi connectivity index (χ2n) is 14.7. The maximum atomic E-state index is 7.30. The SMILES string of the molecule is C=C(/C=C\C=C/C)CPC(NC(N)C1=Cc2c(c(-c3ccccc3-c3ccccc3)c3ccccc3c2-c2ccccc2-c2ccccc2)C=C=C1)C1=CCCC=C1. The van der Waals surface area contributed by atoms with Crippen LogP contribution in [0.4, 0.5) is 0 Å². The Morgan fingerprint density at radius 2 is 1.26 bits per heavy atom. The second-order valence-corrected chi connectivity index (χ2v) is 16.1. The van der Waals surface area contributed by atoms with Crippen molar-refractivity contribution < 1.29 is 0 Å². The second kappa shape index (κ2) is 18.4. The molecule has 0 radical (unpaired) electrons. The third-order valence-corrected chi connectivity index (χ3v) is 12.4. The van der Waals surface area contributed by atoms with Gasteiger partial charge in [0.05, 0.1) is 11.9 Å². The summed E-state index contributed by atoms with van der Waals surface area (Å²) in [6, 6.07) is 47.9. The summed E-state index contributed by atoms with van der Waals surface area (Å²) >= 11 is 0. The number of allylic oxidation sites excluding steroid dienone is 7. The fraction of sp³-hybridized carbons (Fsp3) is 0.109. The van der Waals surface area contributed by atoms with Crippen LogP contribution in [0.25, 0.3) is 67.4 Å². The van der Waals surface area contributed by atoms with E-state index in [2.05, 4.69) is 200 Å². The Kier molecular flexibility index (Phi) is 12.3. The Bertz CT molecular complexity index is 2670. The lowest BCUT2D eigenvalue weighted by atomic mass is 9.80. The molecule has 0 saturated heterocycles. The number of nitrogens with two attached hydrogens (primary N) is 1. The molecule has 3 atom stereocenters. The zero-order chi connectivity index (χ0) is 39.7. The molecule has 3 unspecified atom stereocenters. The van der Waals surface area contributed by atoms with Gasteiger partial charge in [0.25, 0.3) is 0 Å². The highest BCUT2D eigenvalue weighted by molar-refractivity contribution is 7.39. The van der Waals surface area contributed by atoms with E-state index in [0.717, 1.165) is 41.3 Å². The summed E-state index contributed by atoms with van der Waals surface area (Å²) in [5, 5.41) is 6.27. The molecule has 8 rings (SSSR count). The van der Waals surface area contributed by atoms with Crippen LogP contribution < -0.4 is 11.1 Å². The average Bonchev–Trinajstić information content (AvgIpc) is 3.51. The minimum atomic E-state index is -0.448. The standard InChI is InChI=1S/C55H49N2P/c1-3-4-8-22-39(2)38-58-55(42-27-13-7-14-28-42)57-54(56)43-29-21-36-50-51(37-43)53(47-33-18-16-31-45(47)41-25-11-6-12-26-41)49-35-20-19-34-48(49)52(50)46-32-17-15-30-44(46)40-23-9-5-10-24-40/h3-6,8-13,15-20,22-37,54-55,57-58H,2,7,14,38,56H2,1H3/b4-3-,22-8-. The predicted octanol–water partition coefficient (Wildman–Crippen LogP) is 13.9. The first-order valence-electron chi connectivity index (χ1n) is 20.2. The van der Waals surface area contributed by atoms with Crippen molar-refractivity contribution in [1.82, 2.24) is 5.32 Å². The first-order chi connectivity index (χ1) is 28.6. The monoisotopic (exact) mass is 768 g/mol. The van der Waals surface area contributed by atoms with Gasteiger partial charge in [0.1, 0.15) is 0 Å². The normalized spacial score (nSPS) is 14.9. The van der Waals surface area contributed by atoms with Crippen LogP contribution >= 0.6 is 8.58 Å². The van der Waals surface area contributed by atoms with Crippen LogP contribution in [-0.2, 0) is 0 Å². The maximum Gasteiger partial charge on any atom is 0.0823 e. The van der Waals surface area contributed by atoms with Crippen molar-refractivity contribution in [2.24, 2.45) is 5.73 Å². The smallest absolute Gasteiger partial charge is 0.0823 e. The highest BCUT2D eigenvalue weighted by Gasteiger charge is 2.25. The Morgan fingerprint density at radius 1 is 0.690 bits per heavy atom. The van der Waals surface area contributed by atoms with Crippen LogP contribution in [0.1, 0.15) is 30.9 Å². The van der Waals surface area contributed by atoms with E-state index in [1.54, 1.807) is 0 Å². The molecule has 0 spiro atoms. The minimum Gasteiger partial charge on any atom is -0.312 e. The van der Waals surface area contributed by atoms with E-state index in [1.807, 2.05) is 19.1 Å². The van der Waals surface area contributed by atoms with Crippen LogP contribution in [0.5, 0.6) is 0 Å². The van der Waals surface area contributed by atoms with Gasteiger partial charge in [-0.05, 0) is 122 Å². The van der Waals surface area contributed by atoms with E-state index < -0.39 is 6.17 Å². The molecule has 6 aromatic carbocycles. The molecule has 2 aliphatic rings. The van der Waals surface area contributed by atoms with E-state index in [0.29, 0.717) is 8.58 Å². The molecule has 2 nitrogen and oxygen atoms in total. The molecule has 0 bridgehead atoms. The molecule has 0 aromatic heterocycles.